The van der Waals surface area contributed by atoms with E-state index in [2.05, 4.69) is 15.0 Å². The Balaban J connectivity index is 1.53. The van der Waals surface area contributed by atoms with Crippen molar-refractivity contribution in [3.05, 3.63) is 47.4 Å². The van der Waals surface area contributed by atoms with E-state index in [0.717, 1.165) is 31.5 Å². The maximum atomic E-state index is 13.0. The van der Waals surface area contributed by atoms with Gasteiger partial charge in [-0.2, -0.15) is 4.98 Å². The molecule has 0 radical (unpaired) electrons. The van der Waals surface area contributed by atoms with Gasteiger partial charge in [0, 0.05) is 5.41 Å². The highest BCUT2D eigenvalue weighted by Gasteiger charge is 2.28. The molecule has 1 aromatic carbocycles. The molecule has 2 heterocycles. The van der Waals surface area contributed by atoms with Crippen LogP contribution in [0.3, 0.4) is 0 Å². The van der Waals surface area contributed by atoms with Crippen LogP contribution in [0.2, 0.25) is 0 Å². The average molecular weight is 347 g/mol. The zero-order chi connectivity index (χ0) is 18.0. The van der Waals surface area contributed by atoms with Gasteiger partial charge < -0.3 is 9.63 Å². The van der Waals surface area contributed by atoms with Crippen molar-refractivity contribution in [3.8, 4) is 0 Å². The van der Waals surface area contributed by atoms with Crippen molar-refractivity contribution in [1.82, 2.24) is 15.0 Å². The van der Waals surface area contributed by atoms with Gasteiger partial charge in [-0.1, -0.05) is 38.1 Å². The highest BCUT2D eigenvalue weighted by molar-refractivity contribution is 5.19. The Kier molecular flexibility index (Phi) is 5.20. The second-order valence-corrected chi connectivity index (χ2v) is 7.88. The van der Waals surface area contributed by atoms with E-state index in [1.54, 1.807) is 12.1 Å². The highest BCUT2D eigenvalue weighted by Crippen LogP contribution is 2.31. The highest BCUT2D eigenvalue weighted by atomic mass is 19.1. The molecule has 0 aliphatic carbocycles. The molecule has 1 atom stereocenters. The van der Waals surface area contributed by atoms with E-state index in [-0.39, 0.29) is 17.2 Å². The fraction of sp³-hybridized carbons (Fsp3) is 0.579. The van der Waals surface area contributed by atoms with Crippen molar-refractivity contribution in [2.75, 3.05) is 13.1 Å². The van der Waals surface area contributed by atoms with Gasteiger partial charge in [-0.3, -0.25) is 4.90 Å². The molecular weight excluding hydrogens is 321 g/mol. The second-order valence-electron chi connectivity index (χ2n) is 7.88. The van der Waals surface area contributed by atoms with E-state index < -0.39 is 6.10 Å². The number of aliphatic hydroxyl groups excluding tert-OH is 1. The molecule has 1 aromatic heterocycles. The molecule has 0 amide bonds. The molecule has 1 fully saturated rings. The largest absolute Gasteiger partial charge is 0.388 e. The SMILES string of the molecule is CC(C)(C)c1nc(CN2CCC(C(O)c3ccc(F)cc3)CC2)no1. The van der Waals surface area contributed by atoms with Crippen LogP contribution in [0.25, 0.3) is 0 Å². The van der Waals surface area contributed by atoms with Gasteiger partial charge in [-0.15, -0.1) is 0 Å². The van der Waals surface area contributed by atoms with Crippen LogP contribution in [0.4, 0.5) is 4.39 Å². The first-order chi connectivity index (χ1) is 11.8. The topological polar surface area (TPSA) is 62.4 Å². The maximum absolute atomic E-state index is 13.0. The Hall–Kier alpha value is -1.79. The number of benzene rings is 1. The fourth-order valence-electron chi connectivity index (χ4n) is 3.18. The minimum Gasteiger partial charge on any atom is -0.388 e. The van der Waals surface area contributed by atoms with Crippen LogP contribution >= 0.6 is 0 Å². The lowest BCUT2D eigenvalue weighted by molar-refractivity contribution is 0.0558. The summed E-state index contributed by atoms with van der Waals surface area (Å²) >= 11 is 0. The predicted molar refractivity (Wildman–Crippen MR) is 92.4 cm³/mol. The summed E-state index contributed by atoms with van der Waals surface area (Å²) in [4.78, 5) is 6.76. The van der Waals surface area contributed by atoms with Crippen LogP contribution in [0.5, 0.6) is 0 Å². The van der Waals surface area contributed by atoms with Crippen molar-refractivity contribution >= 4 is 0 Å². The molecule has 1 saturated heterocycles. The molecule has 0 bridgehead atoms. The van der Waals surface area contributed by atoms with Crippen molar-refractivity contribution in [2.45, 2.75) is 51.7 Å². The number of likely N-dealkylation sites (tertiary alicyclic amines) is 1. The normalized spacial score (nSPS) is 18.4. The number of aliphatic hydroxyl groups is 1. The standard InChI is InChI=1S/C19H26FN3O2/c1-19(2,3)18-21-16(22-25-18)12-23-10-8-14(9-11-23)17(24)13-4-6-15(20)7-5-13/h4-7,14,17,24H,8-12H2,1-3H3. The van der Waals surface area contributed by atoms with E-state index in [1.165, 1.54) is 12.1 Å². The quantitative estimate of drug-likeness (QED) is 0.918. The maximum Gasteiger partial charge on any atom is 0.232 e. The Morgan fingerprint density at radius 3 is 2.44 bits per heavy atom. The van der Waals surface area contributed by atoms with Crippen molar-refractivity contribution < 1.29 is 14.0 Å². The molecule has 1 N–H and O–H groups in total. The zero-order valence-corrected chi connectivity index (χ0v) is 15.1. The van der Waals surface area contributed by atoms with E-state index in [0.29, 0.717) is 18.3 Å². The third-order valence-corrected chi connectivity index (χ3v) is 4.76. The summed E-state index contributed by atoms with van der Waals surface area (Å²) in [7, 11) is 0. The summed E-state index contributed by atoms with van der Waals surface area (Å²) in [5.74, 6) is 1.28. The molecule has 5 nitrogen and oxygen atoms in total. The van der Waals surface area contributed by atoms with Crippen molar-refractivity contribution in [1.29, 1.82) is 0 Å². The number of halogens is 1. The first-order valence-electron chi connectivity index (χ1n) is 8.82. The lowest BCUT2D eigenvalue weighted by Crippen LogP contribution is -2.35. The minimum atomic E-state index is -0.541. The third kappa shape index (κ3) is 4.44. The van der Waals surface area contributed by atoms with Crippen LogP contribution in [0, 0.1) is 11.7 Å². The van der Waals surface area contributed by atoms with Crippen molar-refractivity contribution in [3.63, 3.8) is 0 Å². The zero-order valence-electron chi connectivity index (χ0n) is 15.1. The van der Waals surface area contributed by atoms with Gasteiger partial charge in [0.25, 0.3) is 0 Å². The Bertz CT molecular complexity index is 685. The van der Waals surface area contributed by atoms with Crippen molar-refractivity contribution in [2.24, 2.45) is 5.92 Å². The van der Waals surface area contributed by atoms with Gasteiger partial charge in [0.2, 0.25) is 5.89 Å². The molecule has 1 aliphatic heterocycles. The monoisotopic (exact) mass is 347 g/mol. The molecule has 3 rings (SSSR count). The van der Waals surface area contributed by atoms with E-state index >= 15 is 0 Å². The summed E-state index contributed by atoms with van der Waals surface area (Å²) in [5, 5.41) is 14.6. The van der Waals surface area contributed by atoms with Gasteiger partial charge in [0.15, 0.2) is 5.82 Å². The first kappa shape index (κ1) is 18.0. The van der Waals surface area contributed by atoms with E-state index in [9.17, 15) is 9.50 Å². The van der Waals surface area contributed by atoms with Gasteiger partial charge in [0.1, 0.15) is 5.82 Å². The van der Waals surface area contributed by atoms with Gasteiger partial charge in [-0.05, 0) is 49.5 Å². The lowest BCUT2D eigenvalue weighted by atomic mass is 9.87. The lowest BCUT2D eigenvalue weighted by Gasteiger charge is -2.33. The van der Waals surface area contributed by atoms with Gasteiger partial charge in [0.05, 0.1) is 12.6 Å². The van der Waals surface area contributed by atoms with Crippen LogP contribution in [0.1, 0.15) is 57.0 Å². The number of rotatable bonds is 4. The molecule has 136 valence electrons. The summed E-state index contributed by atoms with van der Waals surface area (Å²) in [5.41, 5.74) is 0.644. The van der Waals surface area contributed by atoms with Crippen LogP contribution in [-0.2, 0) is 12.0 Å². The summed E-state index contributed by atoms with van der Waals surface area (Å²) in [6.07, 6.45) is 1.24. The molecule has 1 aliphatic rings. The summed E-state index contributed by atoms with van der Waals surface area (Å²) in [6, 6.07) is 6.13. The molecule has 0 spiro atoms. The first-order valence-corrected chi connectivity index (χ1v) is 8.82. The second kappa shape index (κ2) is 7.22. The summed E-state index contributed by atoms with van der Waals surface area (Å²) < 4.78 is 18.4. The third-order valence-electron chi connectivity index (χ3n) is 4.76. The fourth-order valence-corrected chi connectivity index (χ4v) is 3.18. The van der Waals surface area contributed by atoms with Crippen LogP contribution < -0.4 is 0 Å². The number of piperidine rings is 1. The molecule has 2 aromatic rings. The molecule has 6 heteroatoms. The average Bonchev–Trinajstić information content (AvgIpc) is 3.04. The van der Waals surface area contributed by atoms with Gasteiger partial charge >= 0.3 is 0 Å². The van der Waals surface area contributed by atoms with E-state index in [1.807, 2.05) is 20.8 Å². The minimum absolute atomic E-state index is 0.141. The molecular formula is C19H26FN3O2. The number of hydrogen-bond acceptors (Lipinski definition) is 5. The number of aromatic nitrogens is 2. The Morgan fingerprint density at radius 1 is 1.24 bits per heavy atom. The molecule has 0 saturated carbocycles. The molecule has 25 heavy (non-hydrogen) atoms. The number of hydrogen-bond donors (Lipinski definition) is 1. The Labute approximate surface area is 147 Å². The van der Waals surface area contributed by atoms with E-state index in [4.69, 9.17) is 4.52 Å². The Morgan fingerprint density at radius 2 is 1.88 bits per heavy atom. The smallest absolute Gasteiger partial charge is 0.232 e. The van der Waals surface area contributed by atoms with Gasteiger partial charge in [-0.25, -0.2) is 4.39 Å². The van der Waals surface area contributed by atoms with Crippen LogP contribution in [-0.4, -0.2) is 33.2 Å². The molecule has 1 unspecified atom stereocenters. The summed E-state index contributed by atoms with van der Waals surface area (Å²) in [6.45, 7) is 8.56. The van der Waals surface area contributed by atoms with Crippen LogP contribution in [0.15, 0.2) is 28.8 Å². The predicted octanol–water partition coefficient (Wildman–Crippen LogP) is 3.45. The number of nitrogens with zero attached hydrogens (tertiary/aromatic N) is 3.